The summed E-state index contributed by atoms with van der Waals surface area (Å²) >= 11 is 0. The van der Waals surface area contributed by atoms with Crippen molar-refractivity contribution in [3.63, 3.8) is 0 Å². The maximum absolute atomic E-state index is 12.9. The molecule has 1 amide bonds. The number of ketones is 2. The Bertz CT molecular complexity index is 546. The Kier molecular flexibility index (Phi) is 6.05. The summed E-state index contributed by atoms with van der Waals surface area (Å²) in [7, 11) is 0. The molecular formula is C19H31NO5. The van der Waals surface area contributed by atoms with Crippen LogP contribution < -0.4 is 0 Å². The predicted molar refractivity (Wildman–Crippen MR) is 92.6 cm³/mol. The van der Waals surface area contributed by atoms with Crippen LogP contribution in [0.1, 0.15) is 60.3 Å². The van der Waals surface area contributed by atoms with E-state index in [1.54, 1.807) is 6.92 Å². The number of carbonyl (C=O) groups is 3. The first-order valence-electron chi connectivity index (χ1n) is 9.35. The van der Waals surface area contributed by atoms with Crippen molar-refractivity contribution in [2.75, 3.05) is 6.54 Å². The van der Waals surface area contributed by atoms with Gasteiger partial charge in [-0.1, -0.05) is 27.7 Å². The Morgan fingerprint density at radius 2 is 1.84 bits per heavy atom. The van der Waals surface area contributed by atoms with Crippen LogP contribution >= 0.6 is 0 Å². The minimum atomic E-state index is -2.11. The molecule has 2 aliphatic rings. The van der Waals surface area contributed by atoms with Crippen LogP contribution in [0.4, 0.5) is 0 Å². The number of ether oxygens (including phenoxy) is 1. The van der Waals surface area contributed by atoms with Gasteiger partial charge in [0.2, 0.25) is 5.79 Å². The number of hydrogen-bond donors (Lipinski definition) is 1. The summed E-state index contributed by atoms with van der Waals surface area (Å²) in [5, 5.41) is 11.0. The van der Waals surface area contributed by atoms with Gasteiger partial charge in [0.05, 0.1) is 12.1 Å². The summed E-state index contributed by atoms with van der Waals surface area (Å²) in [4.78, 5) is 38.9. The molecule has 1 N–H and O–H groups in total. The van der Waals surface area contributed by atoms with Gasteiger partial charge in [-0.15, -0.1) is 0 Å². The highest BCUT2D eigenvalue weighted by Crippen LogP contribution is 2.39. The van der Waals surface area contributed by atoms with Gasteiger partial charge in [0.1, 0.15) is 0 Å². The van der Waals surface area contributed by atoms with Crippen LogP contribution in [0.2, 0.25) is 0 Å². The van der Waals surface area contributed by atoms with E-state index in [9.17, 15) is 19.5 Å². The molecule has 2 rings (SSSR count). The SMILES string of the molecule is CC(=O)[C@@H]1CCCCN1C(=O)C(=O)[C@]1(O)OC(C(C)C)C(C)C[C@H]1C. The largest absolute Gasteiger partial charge is 0.359 e. The summed E-state index contributed by atoms with van der Waals surface area (Å²) in [6.45, 7) is 9.51. The molecule has 0 aliphatic carbocycles. The van der Waals surface area contributed by atoms with Crippen molar-refractivity contribution in [2.45, 2.75) is 78.2 Å². The highest BCUT2D eigenvalue weighted by atomic mass is 16.6. The smallest absolute Gasteiger partial charge is 0.296 e. The lowest BCUT2D eigenvalue weighted by Gasteiger charge is -2.46. The zero-order chi connectivity index (χ0) is 18.9. The second kappa shape index (κ2) is 7.54. The summed E-state index contributed by atoms with van der Waals surface area (Å²) in [5.41, 5.74) is 0. The van der Waals surface area contributed by atoms with Crippen LogP contribution in [0.25, 0.3) is 0 Å². The van der Waals surface area contributed by atoms with Crippen molar-refractivity contribution in [3.8, 4) is 0 Å². The normalized spacial score (nSPS) is 36.4. The fourth-order valence-corrected chi connectivity index (χ4v) is 4.24. The van der Waals surface area contributed by atoms with Crippen molar-refractivity contribution < 1.29 is 24.2 Å². The van der Waals surface area contributed by atoms with E-state index in [1.165, 1.54) is 11.8 Å². The van der Waals surface area contributed by atoms with E-state index in [4.69, 9.17) is 4.74 Å². The highest BCUT2D eigenvalue weighted by molar-refractivity contribution is 6.39. The van der Waals surface area contributed by atoms with Crippen molar-refractivity contribution in [1.82, 2.24) is 4.90 Å². The summed E-state index contributed by atoms with van der Waals surface area (Å²) < 4.78 is 5.80. The molecule has 0 bridgehead atoms. The number of carbonyl (C=O) groups excluding carboxylic acids is 3. The van der Waals surface area contributed by atoms with Gasteiger partial charge in [0.15, 0.2) is 5.78 Å². The van der Waals surface area contributed by atoms with Crippen LogP contribution in [0.5, 0.6) is 0 Å². The average Bonchev–Trinajstić information content (AvgIpc) is 2.56. The van der Waals surface area contributed by atoms with Gasteiger partial charge in [-0.05, 0) is 44.4 Å². The monoisotopic (exact) mass is 353 g/mol. The minimum absolute atomic E-state index is 0.122. The lowest BCUT2D eigenvalue weighted by atomic mass is 9.78. The van der Waals surface area contributed by atoms with Gasteiger partial charge in [-0.2, -0.15) is 0 Å². The molecule has 0 aromatic heterocycles. The molecule has 2 aliphatic heterocycles. The van der Waals surface area contributed by atoms with Gasteiger partial charge < -0.3 is 14.7 Å². The van der Waals surface area contributed by atoms with Crippen LogP contribution in [0, 0.1) is 17.8 Å². The minimum Gasteiger partial charge on any atom is -0.359 e. The fraction of sp³-hybridized carbons (Fsp3) is 0.842. The van der Waals surface area contributed by atoms with Gasteiger partial charge in [0, 0.05) is 12.5 Å². The lowest BCUT2D eigenvalue weighted by molar-refractivity contribution is -0.280. The van der Waals surface area contributed by atoms with E-state index in [2.05, 4.69) is 0 Å². The molecule has 2 fully saturated rings. The van der Waals surface area contributed by atoms with E-state index >= 15 is 0 Å². The standard InChI is InChI=1S/C19H31NO5/c1-11(2)16-12(3)10-13(4)19(24,25-16)17(22)18(23)20-9-7-6-8-15(20)14(5)21/h11-13,15-16,24H,6-10H2,1-5H3/t12?,13-,15+,16?,19-/m1/s1. The second-order valence-electron chi connectivity index (χ2n) is 8.09. The average molecular weight is 353 g/mol. The zero-order valence-corrected chi connectivity index (χ0v) is 15.9. The number of aliphatic hydroxyl groups is 1. The third kappa shape index (κ3) is 3.80. The number of Topliss-reactive ketones (excluding diaryl/α,β-unsaturated/α-hetero) is 2. The van der Waals surface area contributed by atoms with Gasteiger partial charge in [0.25, 0.3) is 11.7 Å². The number of likely N-dealkylation sites (tertiary alicyclic amines) is 1. The highest BCUT2D eigenvalue weighted by Gasteiger charge is 2.54. The van der Waals surface area contributed by atoms with Crippen molar-refractivity contribution >= 4 is 17.5 Å². The quantitative estimate of drug-likeness (QED) is 0.781. The van der Waals surface area contributed by atoms with Crippen molar-refractivity contribution in [2.24, 2.45) is 17.8 Å². The Morgan fingerprint density at radius 1 is 1.20 bits per heavy atom. The first-order valence-corrected chi connectivity index (χ1v) is 9.35. The number of hydrogen-bond acceptors (Lipinski definition) is 5. The molecule has 0 aromatic rings. The third-order valence-corrected chi connectivity index (χ3v) is 5.68. The van der Waals surface area contributed by atoms with Crippen molar-refractivity contribution in [3.05, 3.63) is 0 Å². The molecule has 5 atom stereocenters. The first-order chi connectivity index (χ1) is 11.6. The zero-order valence-electron chi connectivity index (χ0n) is 15.9. The maximum atomic E-state index is 12.9. The number of nitrogens with zero attached hydrogens (tertiary/aromatic N) is 1. The molecule has 0 saturated carbocycles. The maximum Gasteiger partial charge on any atom is 0.296 e. The van der Waals surface area contributed by atoms with Crippen molar-refractivity contribution in [1.29, 1.82) is 0 Å². The summed E-state index contributed by atoms with van der Waals surface area (Å²) in [6, 6.07) is -0.576. The number of piperidine rings is 1. The molecule has 0 radical (unpaired) electrons. The topological polar surface area (TPSA) is 83.9 Å². The fourth-order valence-electron chi connectivity index (χ4n) is 4.24. The van der Waals surface area contributed by atoms with Crippen LogP contribution in [-0.4, -0.2) is 52.0 Å². The molecule has 0 spiro atoms. The van der Waals surface area contributed by atoms with E-state index in [0.717, 1.165) is 12.8 Å². The number of amides is 1. The first kappa shape index (κ1) is 20.0. The Hall–Kier alpha value is -1.27. The second-order valence-corrected chi connectivity index (χ2v) is 8.09. The van der Waals surface area contributed by atoms with Crippen LogP contribution in [0.3, 0.4) is 0 Å². The van der Waals surface area contributed by atoms with Gasteiger partial charge >= 0.3 is 0 Å². The third-order valence-electron chi connectivity index (χ3n) is 5.68. The van der Waals surface area contributed by atoms with E-state index in [0.29, 0.717) is 19.4 Å². The van der Waals surface area contributed by atoms with Gasteiger partial charge in [-0.25, -0.2) is 0 Å². The molecular weight excluding hydrogens is 322 g/mol. The lowest BCUT2D eigenvalue weighted by Crippen LogP contribution is -2.62. The van der Waals surface area contributed by atoms with E-state index < -0.39 is 29.4 Å². The molecule has 142 valence electrons. The number of rotatable bonds is 4. The molecule has 2 unspecified atom stereocenters. The predicted octanol–water partition coefficient (Wildman–Crippen LogP) is 1.93. The molecule has 6 heteroatoms. The summed E-state index contributed by atoms with van der Waals surface area (Å²) in [5.74, 6) is -4.14. The Morgan fingerprint density at radius 3 is 2.40 bits per heavy atom. The van der Waals surface area contributed by atoms with E-state index in [-0.39, 0.29) is 23.7 Å². The Balaban J connectivity index is 2.24. The molecule has 25 heavy (non-hydrogen) atoms. The van der Waals surface area contributed by atoms with E-state index in [1.807, 2.05) is 20.8 Å². The Labute approximate surface area is 149 Å². The molecule has 2 saturated heterocycles. The van der Waals surface area contributed by atoms with Crippen LogP contribution in [-0.2, 0) is 19.1 Å². The van der Waals surface area contributed by atoms with Crippen LogP contribution in [0.15, 0.2) is 0 Å². The summed E-state index contributed by atoms with van der Waals surface area (Å²) in [6.07, 6.45) is 2.49. The molecule has 6 nitrogen and oxygen atoms in total. The molecule has 2 heterocycles. The van der Waals surface area contributed by atoms with Gasteiger partial charge in [-0.3, -0.25) is 14.4 Å². The molecule has 0 aromatic carbocycles.